The first kappa shape index (κ1) is 13.8. The van der Waals surface area contributed by atoms with Crippen molar-refractivity contribution in [1.82, 2.24) is 15.1 Å². The summed E-state index contributed by atoms with van der Waals surface area (Å²) in [7, 11) is 3.64. The summed E-state index contributed by atoms with van der Waals surface area (Å²) in [5.74, 6) is -0.0962. The van der Waals surface area contributed by atoms with E-state index in [1.807, 2.05) is 0 Å². The van der Waals surface area contributed by atoms with Gasteiger partial charge in [-0.2, -0.15) is 0 Å². The zero-order chi connectivity index (χ0) is 13.0. The quantitative estimate of drug-likeness (QED) is 0.715. The van der Waals surface area contributed by atoms with Gasteiger partial charge in [0, 0.05) is 32.7 Å². The molecule has 0 radical (unpaired) electrons. The van der Waals surface area contributed by atoms with Crippen molar-refractivity contribution >= 4 is 5.97 Å². The molecule has 0 aromatic heterocycles. The predicted molar refractivity (Wildman–Crippen MR) is 70.5 cm³/mol. The van der Waals surface area contributed by atoms with Gasteiger partial charge in [0.1, 0.15) is 5.54 Å². The van der Waals surface area contributed by atoms with Gasteiger partial charge in [0.15, 0.2) is 0 Å². The molecule has 2 aliphatic heterocycles. The summed E-state index contributed by atoms with van der Waals surface area (Å²) in [5, 5.41) is 3.41. The Labute approximate surface area is 109 Å². The molecule has 0 saturated carbocycles. The van der Waals surface area contributed by atoms with E-state index in [9.17, 15) is 4.79 Å². The van der Waals surface area contributed by atoms with E-state index in [0.29, 0.717) is 0 Å². The van der Waals surface area contributed by atoms with Gasteiger partial charge in [-0.1, -0.05) is 0 Å². The number of piperidine rings is 1. The molecule has 2 fully saturated rings. The van der Waals surface area contributed by atoms with Crippen LogP contribution >= 0.6 is 0 Å². The zero-order valence-electron chi connectivity index (χ0n) is 11.6. The maximum absolute atomic E-state index is 12.1. The van der Waals surface area contributed by atoms with Crippen LogP contribution in [-0.2, 0) is 9.53 Å². The lowest BCUT2D eigenvalue weighted by Gasteiger charge is -2.41. The number of esters is 1. The maximum Gasteiger partial charge on any atom is 0.327 e. The van der Waals surface area contributed by atoms with Gasteiger partial charge < -0.3 is 15.0 Å². The van der Waals surface area contributed by atoms with Gasteiger partial charge in [-0.05, 0) is 32.9 Å². The fourth-order valence-electron chi connectivity index (χ4n) is 2.92. The number of likely N-dealkylation sites (N-methyl/N-ethyl adjacent to an activating group) is 1. The topological polar surface area (TPSA) is 44.8 Å². The number of nitrogens with one attached hydrogen (secondary N) is 1. The molecule has 2 rings (SSSR count). The van der Waals surface area contributed by atoms with Gasteiger partial charge in [0.2, 0.25) is 0 Å². The lowest BCUT2D eigenvalue weighted by atomic mass is 9.88. The van der Waals surface area contributed by atoms with E-state index < -0.39 is 5.54 Å². The van der Waals surface area contributed by atoms with Crippen LogP contribution in [0.5, 0.6) is 0 Å². The minimum absolute atomic E-state index is 0.0962. The van der Waals surface area contributed by atoms with Gasteiger partial charge in [0.05, 0.1) is 7.11 Å². The SMILES string of the molecule is COC(=O)C1(CN2CCN(C)CC2)CCCCN1. The maximum atomic E-state index is 12.1. The molecule has 1 unspecified atom stereocenters. The summed E-state index contributed by atoms with van der Waals surface area (Å²) in [5.41, 5.74) is -0.469. The molecule has 1 N–H and O–H groups in total. The van der Waals surface area contributed by atoms with Crippen LogP contribution in [-0.4, -0.2) is 74.7 Å². The lowest BCUT2D eigenvalue weighted by molar-refractivity contribution is -0.151. The van der Waals surface area contributed by atoms with Crippen LogP contribution < -0.4 is 5.32 Å². The summed E-state index contributed by atoms with van der Waals surface area (Å²) >= 11 is 0. The number of methoxy groups -OCH3 is 1. The number of rotatable bonds is 3. The standard InChI is InChI=1S/C13H25N3O2/c1-15-7-9-16(10-8-15)11-13(12(17)18-2)5-3-4-6-14-13/h14H,3-11H2,1-2H3. The van der Waals surface area contributed by atoms with Crippen molar-refractivity contribution < 1.29 is 9.53 Å². The van der Waals surface area contributed by atoms with Crippen LogP contribution in [0.15, 0.2) is 0 Å². The number of ether oxygens (including phenoxy) is 1. The average molecular weight is 255 g/mol. The van der Waals surface area contributed by atoms with Crippen molar-refractivity contribution in [3.8, 4) is 0 Å². The predicted octanol–water partition coefficient (Wildman–Crippen LogP) is -0.0809. The van der Waals surface area contributed by atoms with Crippen molar-refractivity contribution in [2.45, 2.75) is 24.8 Å². The van der Waals surface area contributed by atoms with Gasteiger partial charge in [-0.3, -0.25) is 9.69 Å². The highest BCUT2D eigenvalue weighted by Gasteiger charge is 2.42. The van der Waals surface area contributed by atoms with Crippen molar-refractivity contribution in [1.29, 1.82) is 0 Å². The van der Waals surface area contributed by atoms with Crippen molar-refractivity contribution in [3.63, 3.8) is 0 Å². The molecule has 0 spiro atoms. The summed E-state index contributed by atoms with van der Waals surface area (Å²) in [4.78, 5) is 16.8. The fourth-order valence-corrected chi connectivity index (χ4v) is 2.92. The van der Waals surface area contributed by atoms with Crippen molar-refractivity contribution in [2.24, 2.45) is 0 Å². The second kappa shape index (κ2) is 5.99. The average Bonchev–Trinajstić information content (AvgIpc) is 2.41. The molecular formula is C13H25N3O2. The van der Waals surface area contributed by atoms with Crippen LogP contribution in [0.25, 0.3) is 0 Å². The first-order chi connectivity index (χ1) is 8.66. The van der Waals surface area contributed by atoms with E-state index in [2.05, 4.69) is 22.2 Å². The number of piperazine rings is 1. The third-order valence-electron chi connectivity index (χ3n) is 4.16. The molecule has 1 atom stereocenters. The largest absolute Gasteiger partial charge is 0.468 e. The summed E-state index contributed by atoms with van der Waals surface area (Å²) in [6, 6.07) is 0. The fraction of sp³-hybridized carbons (Fsp3) is 0.923. The number of carbonyl (C=O) groups excluding carboxylic acids is 1. The summed E-state index contributed by atoms with van der Waals surface area (Å²) in [6.45, 7) is 5.94. The van der Waals surface area contributed by atoms with E-state index >= 15 is 0 Å². The summed E-state index contributed by atoms with van der Waals surface area (Å²) < 4.78 is 5.02. The Balaban J connectivity index is 1.98. The van der Waals surface area contributed by atoms with Gasteiger partial charge in [-0.25, -0.2) is 0 Å². The monoisotopic (exact) mass is 255 g/mol. The highest BCUT2D eigenvalue weighted by molar-refractivity contribution is 5.81. The van der Waals surface area contributed by atoms with Crippen LogP contribution in [0.3, 0.4) is 0 Å². The van der Waals surface area contributed by atoms with Gasteiger partial charge in [0.25, 0.3) is 0 Å². The second-order valence-corrected chi connectivity index (χ2v) is 5.54. The van der Waals surface area contributed by atoms with Crippen LogP contribution in [0, 0.1) is 0 Å². The van der Waals surface area contributed by atoms with Crippen LogP contribution in [0.2, 0.25) is 0 Å². The minimum Gasteiger partial charge on any atom is -0.468 e. The van der Waals surface area contributed by atoms with Crippen molar-refractivity contribution in [3.05, 3.63) is 0 Å². The molecule has 2 saturated heterocycles. The Morgan fingerprint density at radius 1 is 1.28 bits per heavy atom. The third-order valence-corrected chi connectivity index (χ3v) is 4.16. The van der Waals surface area contributed by atoms with E-state index in [1.54, 1.807) is 0 Å². The van der Waals surface area contributed by atoms with Gasteiger partial charge >= 0.3 is 5.97 Å². The second-order valence-electron chi connectivity index (χ2n) is 5.54. The normalized spacial score (nSPS) is 31.2. The van der Waals surface area contributed by atoms with Gasteiger partial charge in [-0.15, -0.1) is 0 Å². The molecule has 2 aliphatic rings. The Kier molecular flexibility index (Phi) is 4.59. The highest BCUT2D eigenvalue weighted by atomic mass is 16.5. The molecule has 0 bridgehead atoms. The number of hydrogen-bond acceptors (Lipinski definition) is 5. The number of nitrogens with zero attached hydrogens (tertiary/aromatic N) is 2. The van der Waals surface area contributed by atoms with E-state index in [0.717, 1.165) is 58.5 Å². The first-order valence-corrected chi connectivity index (χ1v) is 6.91. The molecule has 5 heteroatoms. The molecule has 18 heavy (non-hydrogen) atoms. The van der Waals surface area contributed by atoms with E-state index in [4.69, 9.17) is 4.74 Å². The zero-order valence-corrected chi connectivity index (χ0v) is 11.6. The lowest BCUT2D eigenvalue weighted by Crippen LogP contribution is -2.63. The van der Waals surface area contributed by atoms with E-state index in [1.165, 1.54) is 7.11 Å². The Morgan fingerprint density at radius 2 is 2.00 bits per heavy atom. The van der Waals surface area contributed by atoms with Crippen LogP contribution in [0.1, 0.15) is 19.3 Å². The Bertz CT molecular complexity index is 282. The van der Waals surface area contributed by atoms with E-state index in [-0.39, 0.29) is 5.97 Å². The molecule has 5 nitrogen and oxygen atoms in total. The highest BCUT2D eigenvalue weighted by Crippen LogP contribution is 2.22. The molecule has 0 aromatic rings. The molecule has 104 valence electrons. The molecular weight excluding hydrogens is 230 g/mol. The summed E-state index contributed by atoms with van der Waals surface area (Å²) in [6.07, 6.45) is 3.16. The Morgan fingerprint density at radius 3 is 2.56 bits per heavy atom. The molecule has 0 aliphatic carbocycles. The number of hydrogen-bond donors (Lipinski definition) is 1. The molecule has 0 aromatic carbocycles. The molecule has 0 amide bonds. The third kappa shape index (κ3) is 3.02. The molecule has 2 heterocycles. The minimum atomic E-state index is -0.469. The van der Waals surface area contributed by atoms with Crippen molar-refractivity contribution in [2.75, 3.05) is 53.4 Å². The number of carbonyl (C=O) groups is 1. The van der Waals surface area contributed by atoms with Crippen LogP contribution in [0.4, 0.5) is 0 Å². The smallest absolute Gasteiger partial charge is 0.327 e. The first-order valence-electron chi connectivity index (χ1n) is 6.91. The Hall–Kier alpha value is -0.650.